The average molecular weight is 439 g/mol. The quantitative estimate of drug-likeness (QED) is 0.585. The standard InChI is InChI=1S/C24H20F3N3O2/c25-24(26,27)19-8-4-5-9-20(19)29-23(32)28-15-16-10-11-21-18(14-16)12-13-30(21)22(31)17-6-2-1-3-7-17/h1-11,14H,12-13,15H2,(H2,28,29,32). The number of alkyl halides is 3. The molecule has 0 radical (unpaired) electrons. The number of para-hydroxylation sites is 1. The second-order valence-corrected chi connectivity index (χ2v) is 7.39. The third-order valence-corrected chi connectivity index (χ3v) is 5.24. The normalized spacial score (nSPS) is 12.9. The lowest BCUT2D eigenvalue weighted by Crippen LogP contribution is -2.29. The Balaban J connectivity index is 1.40. The molecule has 0 atom stereocenters. The number of rotatable bonds is 4. The maximum Gasteiger partial charge on any atom is 0.418 e. The van der Waals surface area contributed by atoms with Gasteiger partial charge in [-0.25, -0.2) is 4.79 Å². The largest absolute Gasteiger partial charge is 0.418 e. The molecule has 3 aromatic rings. The number of anilines is 2. The van der Waals surface area contributed by atoms with Crippen molar-refractivity contribution in [2.24, 2.45) is 0 Å². The Kier molecular flexibility index (Phi) is 5.85. The molecule has 164 valence electrons. The molecule has 2 N–H and O–H groups in total. The molecule has 1 aliphatic rings. The van der Waals surface area contributed by atoms with Gasteiger partial charge in [-0.3, -0.25) is 4.79 Å². The van der Waals surface area contributed by atoms with Crippen molar-refractivity contribution in [3.63, 3.8) is 0 Å². The molecule has 0 aromatic heterocycles. The minimum atomic E-state index is -4.56. The number of hydrogen-bond acceptors (Lipinski definition) is 2. The van der Waals surface area contributed by atoms with Gasteiger partial charge in [-0.2, -0.15) is 13.2 Å². The number of hydrogen-bond donors (Lipinski definition) is 2. The Morgan fingerprint density at radius 3 is 2.41 bits per heavy atom. The van der Waals surface area contributed by atoms with E-state index in [-0.39, 0.29) is 18.1 Å². The van der Waals surface area contributed by atoms with Crippen molar-refractivity contribution >= 4 is 23.3 Å². The summed E-state index contributed by atoms with van der Waals surface area (Å²) >= 11 is 0. The summed E-state index contributed by atoms with van der Waals surface area (Å²) in [5.74, 6) is -0.0714. The summed E-state index contributed by atoms with van der Waals surface area (Å²) in [6, 6.07) is 18.6. The predicted molar refractivity (Wildman–Crippen MR) is 116 cm³/mol. The van der Waals surface area contributed by atoms with Gasteiger partial charge in [0.25, 0.3) is 5.91 Å². The van der Waals surface area contributed by atoms with Crippen LogP contribution in [0.2, 0.25) is 0 Å². The molecule has 0 spiro atoms. The Hall–Kier alpha value is -3.81. The predicted octanol–water partition coefficient (Wildman–Crippen LogP) is 5.23. The van der Waals surface area contributed by atoms with Gasteiger partial charge >= 0.3 is 12.2 Å². The van der Waals surface area contributed by atoms with Crippen molar-refractivity contribution in [2.75, 3.05) is 16.8 Å². The number of carbonyl (C=O) groups excluding carboxylic acids is 2. The lowest BCUT2D eigenvalue weighted by atomic mass is 10.1. The van der Waals surface area contributed by atoms with E-state index < -0.39 is 17.8 Å². The Morgan fingerprint density at radius 1 is 0.938 bits per heavy atom. The highest BCUT2D eigenvalue weighted by Crippen LogP contribution is 2.34. The molecule has 1 heterocycles. The van der Waals surface area contributed by atoms with Crippen LogP contribution in [0.25, 0.3) is 0 Å². The summed E-state index contributed by atoms with van der Waals surface area (Å²) in [7, 11) is 0. The Morgan fingerprint density at radius 2 is 1.66 bits per heavy atom. The number of amides is 3. The third kappa shape index (κ3) is 4.59. The zero-order chi connectivity index (χ0) is 22.7. The number of halogens is 3. The van der Waals surface area contributed by atoms with Crippen LogP contribution < -0.4 is 15.5 Å². The molecule has 32 heavy (non-hydrogen) atoms. The number of benzene rings is 3. The third-order valence-electron chi connectivity index (χ3n) is 5.24. The van der Waals surface area contributed by atoms with Crippen LogP contribution >= 0.6 is 0 Å². The van der Waals surface area contributed by atoms with Gasteiger partial charge in [-0.05, 0) is 47.9 Å². The SMILES string of the molecule is O=C(NCc1ccc2c(c1)CCN2C(=O)c1ccccc1)Nc1ccccc1C(F)(F)F. The zero-order valence-corrected chi connectivity index (χ0v) is 16.9. The van der Waals surface area contributed by atoms with E-state index in [0.29, 0.717) is 18.5 Å². The Bertz CT molecular complexity index is 1150. The first kappa shape index (κ1) is 21.4. The maximum absolute atomic E-state index is 13.1. The van der Waals surface area contributed by atoms with E-state index in [2.05, 4.69) is 10.6 Å². The van der Waals surface area contributed by atoms with Gasteiger partial charge in [0, 0.05) is 24.3 Å². The van der Waals surface area contributed by atoms with E-state index in [1.807, 2.05) is 30.3 Å². The van der Waals surface area contributed by atoms with E-state index in [4.69, 9.17) is 0 Å². The van der Waals surface area contributed by atoms with Gasteiger partial charge in [0.15, 0.2) is 0 Å². The molecule has 3 amide bonds. The first-order chi connectivity index (χ1) is 15.3. The van der Waals surface area contributed by atoms with Crippen LogP contribution in [-0.2, 0) is 19.1 Å². The smallest absolute Gasteiger partial charge is 0.334 e. The van der Waals surface area contributed by atoms with Crippen LogP contribution in [0.5, 0.6) is 0 Å². The summed E-state index contributed by atoms with van der Waals surface area (Å²) in [4.78, 5) is 26.6. The number of urea groups is 1. The van der Waals surface area contributed by atoms with Crippen molar-refractivity contribution < 1.29 is 22.8 Å². The highest BCUT2D eigenvalue weighted by atomic mass is 19.4. The van der Waals surface area contributed by atoms with Gasteiger partial charge in [0.1, 0.15) is 0 Å². The van der Waals surface area contributed by atoms with Crippen LogP contribution in [-0.4, -0.2) is 18.5 Å². The molecule has 3 aromatic carbocycles. The van der Waals surface area contributed by atoms with Crippen molar-refractivity contribution in [1.29, 1.82) is 0 Å². The van der Waals surface area contributed by atoms with E-state index >= 15 is 0 Å². The van der Waals surface area contributed by atoms with E-state index in [1.54, 1.807) is 23.1 Å². The zero-order valence-electron chi connectivity index (χ0n) is 16.9. The second kappa shape index (κ2) is 8.74. The van der Waals surface area contributed by atoms with Crippen molar-refractivity contribution in [3.8, 4) is 0 Å². The van der Waals surface area contributed by atoms with E-state index in [1.165, 1.54) is 18.2 Å². The summed E-state index contributed by atoms with van der Waals surface area (Å²) < 4.78 is 39.2. The molecule has 0 fully saturated rings. The second-order valence-electron chi connectivity index (χ2n) is 7.39. The molecular formula is C24H20F3N3O2. The summed E-state index contributed by atoms with van der Waals surface area (Å²) in [6.45, 7) is 0.703. The van der Waals surface area contributed by atoms with Gasteiger partial charge in [0.05, 0.1) is 11.3 Å². The first-order valence-corrected chi connectivity index (χ1v) is 10.0. The molecular weight excluding hydrogens is 419 g/mol. The van der Waals surface area contributed by atoms with Crippen LogP contribution in [0, 0.1) is 0 Å². The van der Waals surface area contributed by atoms with Crippen LogP contribution in [0.3, 0.4) is 0 Å². The highest BCUT2D eigenvalue weighted by Gasteiger charge is 2.33. The number of carbonyl (C=O) groups is 2. The minimum absolute atomic E-state index is 0.0714. The highest BCUT2D eigenvalue weighted by molar-refractivity contribution is 6.07. The van der Waals surface area contributed by atoms with Crippen molar-refractivity contribution in [2.45, 2.75) is 19.1 Å². The fourth-order valence-electron chi connectivity index (χ4n) is 3.70. The molecule has 5 nitrogen and oxygen atoms in total. The van der Waals surface area contributed by atoms with Gasteiger partial charge in [0.2, 0.25) is 0 Å². The minimum Gasteiger partial charge on any atom is -0.334 e. The number of nitrogens with one attached hydrogen (secondary N) is 2. The van der Waals surface area contributed by atoms with Gasteiger partial charge < -0.3 is 15.5 Å². The summed E-state index contributed by atoms with van der Waals surface area (Å²) in [5, 5.41) is 4.84. The Labute approximate surface area is 182 Å². The van der Waals surface area contributed by atoms with Crippen LogP contribution in [0.1, 0.15) is 27.0 Å². The number of nitrogens with zero attached hydrogens (tertiary/aromatic N) is 1. The molecule has 8 heteroatoms. The van der Waals surface area contributed by atoms with Crippen molar-refractivity contribution in [3.05, 3.63) is 95.1 Å². The average Bonchev–Trinajstić information content (AvgIpc) is 3.21. The monoisotopic (exact) mass is 439 g/mol. The van der Waals surface area contributed by atoms with E-state index in [0.717, 1.165) is 22.9 Å². The molecule has 0 unspecified atom stereocenters. The molecule has 0 aliphatic carbocycles. The van der Waals surface area contributed by atoms with Crippen LogP contribution in [0.4, 0.5) is 29.3 Å². The summed E-state index contributed by atoms with van der Waals surface area (Å²) in [6.07, 6.45) is -3.88. The number of fused-ring (bicyclic) bond motifs is 1. The molecule has 0 saturated carbocycles. The first-order valence-electron chi connectivity index (χ1n) is 10.0. The fraction of sp³-hybridized carbons (Fsp3) is 0.167. The van der Waals surface area contributed by atoms with Gasteiger partial charge in [-0.1, -0.05) is 42.5 Å². The van der Waals surface area contributed by atoms with Gasteiger partial charge in [-0.15, -0.1) is 0 Å². The maximum atomic E-state index is 13.1. The van der Waals surface area contributed by atoms with E-state index in [9.17, 15) is 22.8 Å². The topological polar surface area (TPSA) is 61.4 Å². The molecule has 1 aliphatic heterocycles. The van der Waals surface area contributed by atoms with Crippen molar-refractivity contribution in [1.82, 2.24) is 5.32 Å². The lowest BCUT2D eigenvalue weighted by molar-refractivity contribution is -0.136. The fourth-order valence-corrected chi connectivity index (χ4v) is 3.70. The summed E-state index contributed by atoms with van der Waals surface area (Å²) in [5.41, 5.74) is 2.00. The molecule has 4 rings (SSSR count). The molecule has 0 bridgehead atoms. The lowest BCUT2D eigenvalue weighted by Gasteiger charge is -2.18. The molecule has 0 saturated heterocycles. The van der Waals surface area contributed by atoms with Crippen LogP contribution in [0.15, 0.2) is 72.8 Å².